The Balaban J connectivity index is 1.86. The van der Waals surface area contributed by atoms with Gasteiger partial charge in [-0.25, -0.2) is 8.78 Å². The van der Waals surface area contributed by atoms with Crippen LogP contribution in [0.5, 0.6) is 0 Å². The van der Waals surface area contributed by atoms with Gasteiger partial charge in [-0.1, -0.05) is 31.4 Å². The summed E-state index contributed by atoms with van der Waals surface area (Å²) >= 11 is 0. The minimum Gasteiger partial charge on any atom is -0.375 e. The van der Waals surface area contributed by atoms with Crippen molar-refractivity contribution in [2.45, 2.75) is 44.2 Å². The molecule has 0 amide bonds. The maximum absolute atomic E-state index is 13.4. The van der Waals surface area contributed by atoms with Gasteiger partial charge in [-0.3, -0.25) is 0 Å². The summed E-state index contributed by atoms with van der Waals surface area (Å²) < 4.78 is 31.8. The van der Waals surface area contributed by atoms with Crippen molar-refractivity contribution in [1.82, 2.24) is 0 Å². The third-order valence-corrected chi connectivity index (χ3v) is 3.53. The van der Waals surface area contributed by atoms with E-state index in [1.807, 2.05) is 0 Å². The molecule has 1 aliphatic carbocycles. The third-order valence-electron chi connectivity index (χ3n) is 3.53. The van der Waals surface area contributed by atoms with Crippen LogP contribution in [0.2, 0.25) is 0 Å². The highest BCUT2D eigenvalue weighted by Crippen LogP contribution is 2.26. The number of ether oxygens (including phenoxy) is 1. The van der Waals surface area contributed by atoms with Gasteiger partial charge in [0.05, 0.1) is 13.2 Å². The summed E-state index contributed by atoms with van der Waals surface area (Å²) in [5.41, 5.74) is 6.15. The lowest BCUT2D eigenvalue weighted by Gasteiger charge is -2.33. The highest BCUT2D eigenvalue weighted by Gasteiger charge is 2.27. The SMILES string of the molecule is NC1(COCc2cccc(F)c2F)CCCCC1. The molecule has 18 heavy (non-hydrogen) atoms. The maximum Gasteiger partial charge on any atom is 0.164 e. The Kier molecular flexibility index (Phi) is 4.30. The highest BCUT2D eigenvalue weighted by molar-refractivity contribution is 5.18. The monoisotopic (exact) mass is 255 g/mol. The van der Waals surface area contributed by atoms with Gasteiger partial charge >= 0.3 is 0 Å². The molecule has 0 atom stereocenters. The lowest BCUT2D eigenvalue weighted by molar-refractivity contribution is 0.0558. The summed E-state index contributed by atoms with van der Waals surface area (Å²) in [4.78, 5) is 0. The molecule has 1 aliphatic rings. The largest absolute Gasteiger partial charge is 0.375 e. The first-order valence-corrected chi connectivity index (χ1v) is 6.40. The molecule has 2 N–H and O–H groups in total. The van der Waals surface area contributed by atoms with Crippen molar-refractivity contribution in [3.05, 3.63) is 35.4 Å². The predicted octanol–water partition coefficient (Wildman–Crippen LogP) is 3.14. The Hall–Kier alpha value is -1.00. The third kappa shape index (κ3) is 3.27. The van der Waals surface area contributed by atoms with Gasteiger partial charge in [-0.15, -0.1) is 0 Å². The first-order valence-electron chi connectivity index (χ1n) is 6.40. The molecule has 0 aliphatic heterocycles. The van der Waals surface area contributed by atoms with Gasteiger partial charge in [0, 0.05) is 11.1 Å². The number of halogens is 2. The van der Waals surface area contributed by atoms with Crippen LogP contribution in [0.4, 0.5) is 8.78 Å². The zero-order chi connectivity index (χ0) is 13.0. The summed E-state index contributed by atoms with van der Waals surface area (Å²) in [7, 11) is 0. The molecule has 1 saturated carbocycles. The molecule has 4 heteroatoms. The van der Waals surface area contributed by atoms with Crippen molar-refractivity contribution in [2.75, 3.05) is 6.61 Å². The Morgan fingerprint density at radius 1 is 1.17 bits per heavy atom. The zero-order valence-electron chi connectivity index (χ0n) is 10.4. The van der Waals surface area contributed by atoms with Crippen LogP contribution < -0.4 is 5.73 Å². The van der Waals surface area contributed by atoms with Gasteiger partial charge in [0.2, 0.25) is 0 Å². The molecule has 2 nitrogen and oxygen atoms in total. The first kappa shape index (κ1) is 13.4. The standard InChI is InChI=1S/C14H19F2NO/c15-12-6-4-5-11(13(12)16)9-18-10-14(17)7-2-1-3-8-14/h4-6H,1-3,7-10,17H2. The molecule has 0 spiro atoms. The van der Waals surface area contributed by atoms with E-state index in [1.165, 1.54) is 18.6 Å². The van der Waals surface area contributed by atoms with E-state index in [0.717, 1.165) is 31.7 Å². The molecule has 1 aromatic carbocycles. The molecule has 0 saturated heterocycles. The molecule has 0 unspecified atom stereocenters. The van der Waals surface area contributed by atoms with E-state index < -0.39 is 11.6 Å². The van der Waals surface area contributed by atoms with Crippen LogP contribution in [-0.4, -0.2) is 12.1 Å². The van der Waals surface area contributed by atoms with Crippen molar-refractivity contribution in [1.29, 1.82) is 0 Å². The van der Waals surface area contributed by atoms with E-state index in [2.05, 4.69) is 0 Å². The van der Waals surface area contributed by atoms with Crippen molar-refractivity contribution >= 4 is 0 Å². The second-order valence-corrected chi connectivity index (χ2v) is 5.13. The predicted molar refractivity (Wildman–Crippen MR) is 66.0 cm³/mol. The van der Waals surface area contributed by atoms with Crippen LogP contribution in [0.25, 0.3) is 0 Å². The second kappa shape index (κ2) is 5.76. The van der Waals surface area contributed by atoms with Crippen molar-refractivity contribution in [3.63, 3.8) is 0 Å². The number of nitrogens with two attached hydrogens (primary N) is 1. The van der Waals surface area contributed by atoms with Gasteiger partial charge in [-0.2, -0.15) is 0 Å². The van der Waals surface area contributed by atoms with Crippen LogP contribution in [0, 0.1) is 11.6 Å². The van der Waals surface area contributed by atoms with E-state index in [1.54, 1.807) is 0 Å². The van der Waals surface area contributed by atoms with E-state index in [9.17, 15) is 8.78 Å². The van der Waals surface area contributed by atoms with E-state index in [0.29, 0.717) is 6.61 Å². The van der Waals surface area contributed by atoms with Crippen molar-refractivity contribution < 1.29 is 13.5 Å². The molecular formula is C14H19F2NO. The second-order valence-electron chi connectivity index (χ2n) is 5.13. The maximum atomic E-state index is 13.4. The molecule has 2 rings (SSSR count). The normalized spacial score (nSPS) is 18.8. The van der Waals surface area contributed by atoms with Crippen LogP contribution in [-0.2, 0) is 11.3 Å². The van der Waals surface area contributed by atoms with Gasteiger partial charge in [0.1, 0.15) is 0 Å². The van der Waals surface area contributed by atoms with Crippen LogP contribution in [0.1, 0.15) is 37.7 Å². The lowest BCUT2D eigenvalue weighted by atomic mass is 9.83. The fourth-order valence-corrected chi connectivity index (χ4v) is 2.42. The van der Waals surface area contributed by atoms with Crippen LogP contribution in [0.3, 0.4) is 0 Å². The average Bonchev–Trinajstić information content (AvgIpc) is 2.35. The number of benzene rings is 1. The number of hydrogen-bond acceptors (Lipinski definition) is 2. The highest BCUT2D eigenvalue weighted by atomic mass is 19.2. The molecule has 1 fully saturated rings. The fraction of sp³-hybridized carbons (Fsp3) is 0.571. The Morgan fingerprint density at radius 2 is 1.89 bits per heavy atom. The number of rotatable bonds is 4. The van der Waals surface area contributed by atoms with Gasteiger partial charge in [0.25, 0.3) is 0 Å². The summed E-state index contributed by atoms with van der Waals surface area (Å²) in [6.45, 7) is 0.478. The Bertz CT molecular complexity index is 403. The lowest BCUT2D eigenvalue weighted by Crippen LogP contribution is -2.46. The molecule has 0 radical (unpaired) electrons. The van der Waals surface area contributed by atoms with Crippen LogP contribution in [0.15, 0.2) is 18.2 Å². The Morgan fingerprint density at radius 3 is 2.61 bits per heavy atom. The number of hydrogen-bond donors (Lipinski definition) is 1. The molecule has 0 heterocycles. The molecule has 100 valence electrons. The summed E-state index contributed by atoms with van der Waals surface area (Å²) in [5, 5.41) is 0. The van der Waals surface area contributed by atoms with E-state index in [-0.39, 0.29) is 17.7 Å². The fourth-order valence-electron chi connectivity index (χ4n) is 2.42. The van der Waals surface area contributed by atoms with E-state index >= 15 is 0 Å². The van der Waals surface area contributed by atoms with Crippen molar-refractivity contribution in [3.8, 4) is 0 Å². The first-order chi connectivity index (χ1) is 8.61. The minimum atomic E-state index is -0.837. The topological polar surface area (TPSA) is 35.2 Å². The summed E-state index contributed by atoms with van der Waals surface area (Å²) in [6.07, 6.45) is 5.34. The minimum absolute atomic E-state index is 0.0720. The Labute approximate surface area is 106 Å². The average molecular weight is 255 g/mol. The quantitative estimate of drug-likeness (QED) is 0.897. The molecule has 0 bridgehead atoms. The molecule has 0 aromatic heterocycles. The van der Waals surface area contributed by atoms with E-state index in [4.69, 9.17) is 10.5 Å². The molecule has 1 aromatic rings. The van der Waals surface area contributed by atoms with Crippen LogP contribution >= 0.6 is 0 Å². The smallest absolute Gasteiger partial charge is 0.164 e. The summed E-state index contributed by atoms with van der Waals surface area (Å²) in [5.74, 6) is -1.66. The van der Waals surface area contributed by atoms with Gasteiger partial charge in [0.15, 0.2) is 11.6 Å². The van der Waals surface area contributed by atoms with Gasteiger partial charge < -0.3 is 10.5 Å². The van der Waals surface area contributed by atoms with Crippen molar-refractivity contribution in [2.24, 2.45) is 5.73 Å². The molecular weight excluding hydrogens is 236 g/mol. The van der Waals surface area contributed by atoms with Gasteiger partial charge in [-0.05, 0) is 18.9 Å². The summed E-state index contributed by atoms with van der Waals surface area (Å²) in [6, 6.07) is 4.11. The zero-order valence-corrected chi connectivity index (χ0v) is 10.4.